The molecule has 0 aliphatic heterocycles. The van der Waals surface area contributed by atoms with E-state index in [1.807, 2.05) is 36.4 Å². The molecule has 11 rings (SSSR count). The van der Waals surface area contributed by atoms with Gasteiger partial charge in [-0.1, -0.05) is 133 Å². The lowest BCUT2D eigenvalue weighted by molar-refractivity contribution is 0.623. The summed E-state index contributed by atoms with van der Waals surface area (Å²) in [5.74, 6) is 2.49. The summed E-state index contributed by atoms with van der Waals surface area (Å²) in [5.41, 5.74) is 5.37. The summed E-state index contributed by atoms with van der Waals surface area (Å²) in [5, 5.41) is 11.1. The van der Waals surface area contributed by atoms with Gasteiger partial charge in [-0.3, -0.25) is 0 Å². The lowest BCUT2D eigenvalue weighted by Gasteiger charge is -2.14. The van der Waals surface area contributed by atoms with Crippen molar-refractivity contribution in [3.05, 3.63) is 170 Å². The third-order valence-corrected chi connectivity index (χ3v) is 10.3. The van der Waals surface area contributed by atoms with Crippen molar-refractivity contribution < 1.29 is 4.42 Å². The van der Waals surface area contributed by atoms with Crippen molar-refractivity contribution in [2.75, 3.05) is 0 Å². The van der Waals surface area contributed by atoms with Crippen LogP contribution in [0.25, 0.3) is 111 Å². The Labute approximate surface area is 303 Å². The highest BCUT2D eigenvalue weighted by atomic mass is 16.3. The largest absolute Gasteiger partial charge is 0.435 e. The molecular weight excluding hydrogens is 649 g/mol. The van der Waals surface area contributed by atoms with E-state index in [0.717, 1.165) is 76.4 Å². The molecule has 0 spiro atoms. The summed E-state index contributed by atoms with van der Waals surface area (Å²) < 4.78 is 6.59. The van der Waals surface area contributed by atoms with Crippen LogP contribution < -0.4 is 0 Å². The summed E-state index contributed by atoms with van der Waals surface area (Å²) >= 11 is 0. The molecule has 0 unspecified atom stereocenters. The molecular formula is C48H28N4O. The highest BCUT2D eigenvalue weighted by molar-refractivity contribution is 6.28. The van der Waals surface area contributed by atoms with Gasteiger partial charge in [0.25, 0.3) is 0 Å². The fourth-order valence-electron chi connectivity index (χ4n) is 7.69. The molecule has 0 fully saturated rings. The van der Waals surface area contributed by atoms with E-state index in [2.05, 4.69) is 133 Å². The average Bonchev–Trinajstić information content (AvgIpc) is 3.68. The van der Waals surface area contributed by atoms with E-state index in [9.17, 15) is 0 Å². The molecule has 0 aliphatic rings. The number of benzene rings is 9. The van der Waals surface area contributed by atoms with Crippen LogP contribution in [0.5, 0.6) is 0 Å². The number of fused-ring (bicyclic) bond motifs is 9. The van der Waals surface area contributed by atoms with Gasteiger partial charge in [0.2, 0.25) is 5.89 Å². The van der Waals surface area contributed by atoms with Crippen LogP contribution >= 0.6 is 0 Å². The SMILES string of the molecule is c1ccc(-c2nc3ccc4ccc5cc(-c6nc(-c7ccc8ccccc8c7)nc(-c7ccc8ccccc8c7)n6)c6ccccc6c5c4c3o2)cc1. The first-order chi connectivity index (χ1) is 26.2. The minimum atomic E-state index is 0.610. The average molecular weight is 677 g/mol. The first kappa shape index (κ1) is 29.5. The second kappa shape index (κ2) is 11.7. The van der Waals surface area contributed by atoms with E-state index >= 15 is 0 Å². The molecule has 5 heteroatoms. The van der Waals surface area contributed by atoms with Crippen molar-refractivity contribution in [2.24, 2.45) is 0 Å². The minimum Gasteiger partial charge on any atom is -0.435 e. The topological polar surface area (TPSA) is 64.7 Å². The van der Waals surface area contributed by atoms with Crippen molar-refractivity contribution in [3.63, 3.8) is 0 Å². The second-order valence-corrected chi connectivity index (χ2v) is 13.5. The molecule has 0 saturated carbocycles. The van der Waals surface area contributed by atoms with E-state index in [1.54, 1.807) is 0 Å². The van der Waals surface area contributed by atoms with Gasteiger partial charge in [-0.15, -0.1) is 0 Å². The molecule has 0 bridgehead atoms. The van der Waals surface area contributed by atoms with Crippen LogP contribution in [0.1, 0.15) is 0 Å². The Kier molecular flexibility index (Phi) is 6.48. The van der Waals surface area contributed by atoms with Gasteiger partial charge in [0.05, 0.1) is 0 Å². The number of rotatable bonds is 4. The number of oxazole rings is 1. The first-order valence-electron chi connectivity index (χ1n) is 17.7. The minimum absolute atomic E-state index is 0.610. The molecule has 5 nitrogen and oxygen atoms in total. The number of hydrogen-bond donors (Lipinski definition) is 0. The fourth-order valence-corrected chi connectivity index (χ4v) is 7.69. The molecule has 0 N–H and O–H groups in total. The maximum Gasteiger partial charge on any atom is 0.227 e. The van der Waals surface area contributed by atoms with Crippen molar-refractivity contribution in [1.82, 2.24) is 19.9 Å². The van der Waals surface area contributed by atoms with Gasteiger partial charge in [-0.25, -0.2) is 19.9 Å². The van der Waals surface area contributed by atoms with E-state index in [1.165, 1.54) is 10.8 Å². The Hall–Kier alpha value is -7.24. The van der Waals surface area contributed by atoms with Crippen LogP contribution in [-0.4, -0.2) is 19.9 Å². The molecule has 0 saturated heterocycles. The predicted molar refractivity (Wildman–Crippen MR) is 217 cm³/mol. The van der Waals surface area contributed by atoms with Gasteiger partial charge in [0.1, 0.15) is 5.52 Å². The summed E-state index contributed by atoms with van der Waals surface area (Å²) in [7, 11) is 0. The van der Waals surface area contributed by atoms with Crippen molar-refractivity contribution >= 4 is 65.0 Å². The highest BCUT2D eigenvalue weighted by Crippen LogP contribution is 2.41. The highest BCUT2D eigenvalue weighted by Gasteiger charge is 2.20. The zero-order chi connectivity index (χ0) is 34.9. The third-order valence-electron chi connectivity index (χ3n) is 10.3. The van der Waals surface area contributed by atoms with Gasteiger partial charge in [0.15, 0.2) is 23.1 Å². The normalized spacial score (nSPS) is 11.8. The molecule has 2 aromatic heterocycles. The van der Waals surface area contributed by atoms with Gasteiger partial charge in [0, 0.05) is 33.0 Å². The van der Waals surface area contributed by atoms with Gasteiger partial charge in [-0.05, 0) is 79.5 Å². The van der Waals surface area contributed by atoms with Gasteiger partial charge >= 0.3 is 0 Å². The molecule has 0 atom stereocenters. The monoisotopic (exact) mass is 676 g/mol. The smallest absolute Gasteiger partial charge is 0.227 e. The fraction of sp³-hybridized carbons (Fsp3) is 0. The standard InChI is InChI=1S/C48H28N4O/c1-2-12-32(13-3-1)48-49-41-25-24-31-20-21-35-28-40(38-16-8-9-17-39(38)42(35)43(31)44(41)53-48)47-51-45(36-22-18-29-10-4-6-14-33(29)26-36)50-46(52-47)37-23-19-30-11-5-7-15-34(30)27-37/h1-28H. The Morgan fingerprint density at radius 2 is 0.887 bits per heavy atom. The van der Waals surface area contributed by atoms with E-state index in [-0.39, 0.29) is 0 Å². The molecule has 246 valence electrons. The zero-order valence-electron chi connectivity index (χ0n) is 28.4. The van der Waals surface area contributed by atoms with Crippen LogP contribution in [0.15, 0.2) is 174 Å². The second-order valence-electron chi connectivity index (χ2n) is 13.5. The lowest BCUT2D eigenvalue weighted by atomic mass is 9.92. The van der Waals surface area contributed by atoms with Crippen molar-refractivity contribution in [1.29, 1.82) is 0 Å². The summed E-state index contributed by atoms with van der Waals surface area (Å²) in [6, 6.07) is 58.9. The van der Waals surface area contributed by atoms with Crippen LogP contribution in [0.3, 0.4) is 0 Å². The molecule has 53 heavy (non-hydrogen) atoms. The van der Waals surface area contributed by atoms with Crippen LogP contribution in [0, 0.1) is 0 Å². The summed E-state index contributed by atoms with van der Waals surface area (Å²) in [6.45, 7) is 0. The third kappa shape index (κ3) is 4.86. The maximum atomic E-state index is 6.59. The molecule has 2 heterocycles. The van der Waals surface area contributed by atoms with Crippen LogP contribution in [-0.2, 0) is 0 Å². The number of aromatic nitrogens is 4. The Morgan fingerprint density at radius 1 is 0.340 bits per heavy atom. The van der Waals surface area contributed by atoms with Crippen molar-refractivity contribution in [3.8, 4) is 45.6 Å². The molecule has 0 amide bonds. The van der Waals surface area contributed by atoms with E-state index < -0.39 is 0 Å². The van der Waals surface area contributed by atoms with E-state index in [0.29, 0.717) is 23.4 Å². The summed E-state index contributed by atoms with van der Waals surface area (Å²) in [4.78, 5) is 20.5. The van der Waals surface area contributed by atoms with Gasteiger partial charge in [-0.2, -0.15) is 0 Å². The summed E-state index contributed by atoms with van der Waals surface area (Å²) in [6.07, 6.45) is 0. The number of nitrogens with zero attached hydrogens (tertiary/aromatic N) is 4. The predicted octanol–water partition coefficient (Wildman–Crippen LogP) is 12.4. The van der Waals surface area contributed by atoms with Crippen LogP contribution in [0.4, 0.5) is 0 Å². The lowest BCUT2D eigenvalue weighted by Crippen LogP contribution is -2.01. The zero-order valence-corrected chi connectivity index (χ0v) is 28.4. The van der Waals surface area contributed by atoms with Crippen LogP contribution in [0.2, 0.25) is 0 Å². The Morgan fingerprint density at radius 3 is 1.58 bits per heavy atom. The molecule has 0 radical (unpaired) electrons. The molecule has 0 aliphatic carbocycles. The quantitative estimate of drug-likeness (QED) is 0.174. The van der Waals surface area contributed by atoms with Gasteiger partial charge < -0.3 is 4.42 Å². The van der Waals surface area contributed by atoms with E-state index in [4.69, 9.17) is 24.4 Å². The Bertz CT molecular complexity index is 3140. The maximum absolute atomic E-state index is 6.59. The molecule has 11 aromatic rings. The molecule has 9 aromatic carbocycles. The van der Waals surface area contributed by atoms with Crippen molar-refractivity contribution in [2.45, 2.75) is 0 Å². The first-order valence-corrected chi connectivity index (χ1v) is 17.7. The Balaban J connectivity index is 1.18. The number of hydrogen-bond acceptors (Lipinski definition) is 5.